The number of carbonyl (C=O) groups is 2. The molecule has 20 heavy (non-hydrogen) atoms. The van der Waals surface area contributed by atoms with E-state index in [-0.39, 0.29) is 25.5 Å². The van der Waals surface area contributed by atoms with Crippen molar-refractivity contribution < 1.29 is 19.8 Å². The first-order valence-electron chi connectivity index (χ1n) is 7.74. The third-order valence-electron chi connectivity index (χ3n) is 4.03. The quantitative estimate of drug-likeness (QED) is 0.679. The van der Waals surface area contributed by atoms with Crippen molar-refractivity contribution in [3.63, 3.8) is 0 Å². The highest BCUT2D eigenvalue weighted by Gasteiger charge is 2.18. The molecule has 1 saturated carbocycles. The van der Waals surface area contributed by atoms with Crippen molar-refractivity contribution in [2.24, 2.45) is 5.92 Å². The van der Waals surface area contributed by atoms with Gasteiger partial charge in [-0.25, -0.2) is 0 Å². The second kappa shape index (κ2) is 9.75. The highest BCUT2D eigenvalue weighted by Crippen LogP contribution is 2.27. The maximum absolute atomic E-state index is 12.2. The third-order valence-corrected chi connectivity index (χ3v) is 4.03. The average Bonchev–Trinajstić information content (AvgIpc) is 2.45. The van der Waals surface area contributed by atoms with Crippen molar-refractivity contribution in [2.45, 2.75) is 57.8 Å². The van der Waals surface area contributed by atoms with Crippen molar-refractivity contribution >= 4 is 11.9 Å². The lowest BCUT2D eigenvalue weighted by Crippen LogP contribution is -2.34. The van der Waals surface area contributed by atoms with Crippen LogP contribution < -0.4 is 0 Å². The molecule has 0 aliphatic heterocycles. The van der Waals surface area contributed by atoms with E-state index in [4.69, 9.17) is 10.2 Å². The predicted octanol–water partition coefficient (Wildman–Crippen LogP) is 2.03. The summed E-state index contributed by atoms with van der Waals surface area (Å²) in [7, 11) is 0. The van der Waals surface area contributed by atoms with E-state index in [1.807, 2.05) is 0 Å². The van der Waals surface area contributed by atoms with Crippen LogP contribution in [0.5, 0.6) is 0 Å². The van der Waals surface area contributed by atoms with Gasteiger partial charge in [0.2, 0.25) is 5.91 Å². The lowest BCUT2D eigenvalue weighted by atomic mass is 9.86. The fourth-order valence-corrected chi connectivity index (χ4v) is 2.81. The Hall–Kier alpha value is -1.10. The third kappa shape index (κ3) is 6.89. The molecule has 1 aliphatic carbocycles. The molecule has 0 bridgehead atoms. The fraction of sp³-hybridized carbons (Fsp3) is 0.867. The number of aliphatic carboxylic acids is 1. The maximum Gasteiger partial charge on any atom is 0.305 e. The van der Waals surface area contributed by atoms with Gasteiger partial charge in [-0.3, -0.25) is 9.59 Å². The van der Waals surface area contributed by atoms with Gasteiger partial charge in [0.1, 0.15) is 0 Å². The van der Waals surface area contributed by atoms with Gasteiger partial charge in [-0.2, -0.15) is 0 Å². The number of hydrogen-bond acceptors (Lipinski definition) is 3. The summed E-state index contributed by atoms with van der Waals surface area (Å²) in [5.41, 5.74) is 0. The van der Waals surface area contributed by atoms with Crippen LogP contribution in [0.25, 0.3) is 0 Å². The van der Waals surface area contributed by atoms with Crippen LogP contribution in [0.2, 0.25) is 0 Å². The van der Waals surface area contributed by atoms with E-state index >= 15 is 0 Å². The Balaban J connectivity index is 2.34. The molecular formula is C15H27NO4. The van der Waals surface area contributed by atoms with Crippen LogP contribution in [0.4, 0.5) is 0 Å². The van der Waals surface area contributed by atoms with Crippen LogP contribution in [0.15, 0.2) is 0 Å². The standard InChI is InChI=1S/C15H27NO4/c17-12-4-10-16(11-9-15(19)20)14(18)8-7-13-5-2-1-3-6-13/h13,17H,1-12H2,(H,19,20). The summed E-state index contributed by atoms with van der Waals surface area (Å²) in [5, 5.41) is 17.6. The first kappa shape index (κ1) is 17.0. The Morgan fingerprint density at radius 2 is 1.75 bits per heavy atom. The SMILES string of the molecule is O=C(O)CCN(CCCO)C(=O)CCC1CCCCC1. The summed E-state index contributed by atoms with van der Waals surface area (Å²) in [6, 6.07) is 0. The average molecular weight is 285 g/mol. The normalized spacial score (nSPS) is 16.1. The Morgan fingerprint density at radius 3 is 2.35 bits per heavy atom. The first-order chi connectivity index (χ1) is 9.63. The van der Waals surface area contributed by atoms with Gasteiger partial charge in [-0.1, -0.05) is 32.1 Å². The van der Waals surface area contributed by atoms with Gasteiger partial charge in [0.25, 0.3) is 0 Å². The molecular weight excluding hydrogens is 258 g/mol. The number of aliphatic hydroxyl groups excluding tert-OH is 1. The smallest absolute Gasteiger partial charge is 0.305 e. The van der Waals surface area contributed by atoms with Crippen molar-refractivity contribution in [1.29, 1.82) is 0 Å². The highest BCUT2D eigenvalue weighted by atomic mass is 16.4. The second-order valence-electron chi connectivity index (χ2n) is 5.64. The predicted molar refractivity (Wildman–Crippen MR) is 76.3 cm³/mol. The molecule has 1 fully saturated rings. The molecule has 5 nitrogen and oxygen atoms in total. The number of aliphatic hydroxyl groups is 1. The van der Waals surface area contributed by atoms with Gasteiger partial charge in [0.15, 0.2) is 0 Å². The molecule has 1 aliphatic rings. The number of rotatable bonds is 9. The van der Waals surface area contributed by atoms with E-state index in [0.717, 1.165) is 6.42 Å². The summed E-state index contributed by atoms with van der Waals surface area (Å²) >= 11 is 0. The zero-order valence-corrected chi connectivity index (χ0v) is 12.2. The Bertz CT molecular complexity index is 300. The molecule has 5 heteroatoms. The minimum Gasteiger partial charge on any atom is -0.481 e. The number of nitrogens with zero attached hydrogens (tertiary/aromatic N) is 1. The van der Waals surface area contributed by atoms with Crippen LogP contribution in [0.1, 0.15) is 57.8 Å². The van der Waals surface area contributed by atoms with Gasteiger partial charge in [0, 0.05) is 26.1 Å². The topological polar surface area (TPSA) is 77.8 Å². The van der Waals surface area contributed by atoms with Crippen molar-refractivity contribution in [3.8, 4) is 0 Å². The monoisotopic (exact) mass is 285 g/mol. The molecule has 0 unspecified atom stereocenters. The van der Waals surface area contributed by atoms with Crippen molar-refractivity contribution in [1.82, 2.24) is 4.90 Å². The van der Waals surface area contributed by atoms with Gasteiger partial charge >= 0.3 is 5.97 Å². The summed E-state index contributed by atoms with van der Waals surface area (Å²) in [4.78, 5) is 24.4. The first-order valence-corrected chi connectivity index (χ1v) is 7.74. The molecule has 0 atom stereocenters. The zero-order valence-electron chi connectivity index (χ0n) is 12.2. The highest BCUT2D eigenvalue weighted by molar-refractivity contribution is 5.77. The van der Waals surface area contributed by atoms with Gasteiger partial charge in [0.05, 0.1) is 6.42 Å². The summed E-state index contributed by atoms with van der Waals surface area (Å²) < 4.78 is 0. The Kier molecular flexibility index (Phi) is 8.26. The van der Waals surface area contributed by atoms with Crippen LogP contribution in [0, 0.1) is 5.92 Å². The molecule has 0 saturated heterocycles. The minimum absolute atomic E-state index is 0.0272. The van der Waals surface area contributed by atoms with Crippen LogP contribution in [0.3, 0.4) is 0 Å². The molecule has 2 N–H and O–H groups in total. The van der Waals surface area contributed by atoms with Crippen LogP contribution >= 0.6 is 0 Å². The molecule has 0 radical (unpaired) electrons. The molecule has 1 amide bonds. The van der Waals surface area contributed by atoms with Crippen molar-refractivity contribution in [3.05, 3.63) is 0 Å². The maximum atomic E-state index is 12.2. The Labute approximate surface area is 121 Å². The molecule has 0 heterocycles. The van der Waals surface area contributed by atoms with Gasteiger partial charge < -0.3 is 15.1 Å². The fourth-order valence-electron chi connectivity index (χ4n) is 2.81. The van der Waals surface area contributed by atoms with E-state index in [9.17, 15) is 9.59 Å². The van der Waals surface area contributed by atoms with E-state index in [1.54, 1.807) is 4.90 Å². The number of amides is 1. The van der Waals surface area contributed by atoms with E-state index in [1.165, 1.54) is 32.1 Å². The van der Waals surface area contributed by atoms with E-state index in [0.29, 0.717) is 25.3 Å². The summed E-state index contributed by atoms with van der Waals surface area (Å²) in [5.74, 6) is -0.198. The number of hydrogen-bond donors (Lipinski definition) is 2. The summed E-state index contributed by atoms with van der Waals surface area (Å²) in [6.07, 6.45) is 8.20. The Morgan fingerprint density at radius 1 is 1.05 bits per heavy atom. The molecule has 0 aromatic rings. The molecule has 1 rings (SSSR count). The summed E-state index contributed by atoms with van der Waals surface area (Å²) in [6.45, 7) is 0.728. The minimum atomic E-state index is -0.890. The zero-order chi connectivity index (χ0) is 14.8. The van der Waals surface area contributed by atoms with Gasteiger partial charge in [-0.15, -0.1) is 0 Å². The lowest BCUT2D eigenvalue weighted by molar-refractivity contribution is -0.138. The van der Waals surface area contributed by atoms with Crippen molar-refractivity contribution in [2.75, 3.05) is 19.7 Å². The van der Waals surface area contributed by atoms with Crippen LogP contribution in [-0.4, -0.2) is 46.7 Å². The second-order valence-corrected chi connectivity index (χ2v) is 5.64. The van der Waals surface area contributed by atoms with Crippen LogP contribution in [-0.2, 0) is 9.59 Å². The molecule has 0 aromatic carbocycles. The van der Waals surface area contributed by atoms with E-state index in [2.05, 4.69) is 0 Å². The lowest BCUT2D eigenvalue weighted by Gasteiger charge is -2.25. The molecule has 0 aromatic heterocycles. The molecule has 116 valence electrons. The van der Waals surface area contributed by atoms with Gasteiger partial charge in [-0.05, 0) is 18.8 Å². The number of carboxylic acids is 1. The van der Waals surface area contributed by atoms with E-state index < -0.39 is 5.97 Å². The number of carbonyl (C=O) groups excluding carboxylic acids is 1. The largest absolute Gasteiger partial charge is 0.481 e. The number of carboxylic acid groups (broad SMARTS) is 1. The molecule has 0 spiro atoms.